The van der Waals surface area contributed by atoms with Crippen molar-refractivity contribution in [1.82, 2.24) is 0 Å². The summed E-state index contributed by atoms with van der Waals surface area (Å²) in [7, 11) is -2.38. The fourth-order valence-corrected chi connectivity index (χ4v) is 3.05. The number of sulfone groups is 1. The Kier molecular flexibility index (Phi) is 5.26. The lowest BCUT2D eigenvalue weighted by atomic mass is 10.1. The van der Waals surface area contributed by atoms with E-state index >= 15 is 0 Å². The van der Waals surface area contributed by atoms with E-state index in [1.165, 1.54) is 26.2 Å². The fraction of sp³-hybridized carbons (Fsp3) is 0.385. The van der Waals surface area contributed by atoms with Crippen LogP contribution < -0.4 is 5.73 Å². The molecule has 1 aromatic rings. The standard InChI is InChI=1S/C13H17NO5S/c1-9(7-12(15)19-2)20(17,18)8-10-5-3-4-6-11(10)13(14)16/h3-6,9H,7-8H2,1-2H3,(H2,14,16). The molecule has 2 N–H and O–H groups in total. The third kappa shape index (κ3) is 4.06. The van der Waals surface area contributed by atoms with E-state index < -0.39 is 27.0 Å². The number of carbonyl (C=O) groups is 2. The zero-order valence-electron chi connectivity index (χ0n) is 11.3. The number of benzene rings is 1. The molecule has 0 saturated carbocycles. The Balaban J connectivity index is 2.97. The lowest BCUT2D eigenvalue weighted by Crippen LogP contribution is -2.25. The second kappa shape index (κ2) is 6.51. The number of ether oxygens (including phenoxy) is 1. The predicted molar refractivity (Wildman–Crippen MR) is 73.7 cm³/mol. The van der Waals surface area contributed by atoms with Crippen LogP contribution in [0.2, 0.25) is 0 Å². The number of hydrogen-bond acceptors (Lipinski definition) is 5. The first-order valence-corrected chi connectivity index (χ1v) is 7.65. The molecule has 20 heavy (non-hydrogen) atoms. The Morgan fingerprint density at radius 2 is 1.90 bits per heavy atom. The summed E-state index contributed by atoms with van der Waals surface area (Å²) < 4.78 is 28.8. The van der Waals surface area contributed by atoms with E-state index in [0.29, 0.717) is 5.56 Å². The molecule has 0 spiro atoms. The minimum Gasteiger partial charge on any atom is -0.469 e. The summed E-state index contributed by atoms with van der Waals surface area (Å²) in [5.74, 6) is -1.62. The van der Waals surface area contributed by atoms with Gasteiger partial charge in [0.05, 0.1) is 24.5 Å². The number of rotatable bonds is 6. The molecule has 110 valence electrons. The van der Waals surface area contributed by atoms with Crippen molar-refractivity contribution in [3.8, 4) is 0 Å². The Morgan fingerprint density at radius 1 is 1.30 bits per heavy atom. The molecule has 1 amide bonds. The zero-order valence-corrected chi connectivity index (χ0v) is 12.1. The lowest BCUT2D eigenvalue weighted by molar-refractivity contribution is -0.140. The van der Waals surface area contributed by atoms with E-state index in [2.05, 4.69) is 4.74 Å². The van der Waals surface area contributed by atoms with Crippen LogP contribution in [0.4, 0.5) is 0 Å². The molecule has 0 fully saturated rings. The Hall–Kier alpha value is -1.89. The number of carbonyl (C=O) groups excluding carboxylic acids is 2. The van der Waals surface area contributed by atoms with E-state index in [4.69, 9.17) is 5.73 Å². The first-order chi connectivity index (χ1) is 9.27. The van der Waals surface area contributed by atoms with Crippen LogP contribution in [0.3, 0.4) is 0 Å². The van der Waals surface area contributed by atoms with Crippen LogP contribution in [0.1, 0.15) is 29.3 Å². The molecule has 0 saturated heterocycles. The number of nitrogens with two attached hydrogens (primary N) is 1. The third-order valence-corrected chi connectivity index (χ3v) is 5.04. The molecule has 6 nitrogen and oxygen atoms in total. The van der Waals surface area contributed by atoms with E-state index in [0.717, 1.165) is 0 Å². The van der Waals surface area contributed by atoms with Crippen molar-refractivity contribution in [2.75, 3.05) is 7.11 Å². The zero-order chi connectivity index (χ0) is 15.3. The summed E-state index contributed by atoms with van der Waals surface area (Å²) in [5, 5.41) is -0.893. The highest BCUT2D eigenvalue weighted by atomic mass is 32.2. The lowest BCUT2D eigenvalue weighted by Gasteiger charge is -2.13. The normalized spacial score (nSPS) is 12.7. The van der Waals surface area contributed by atoms with E-state index in [1.807, 2.05) is 0 Å². The molecular weight excluding hydrogens is 282 g/mol. The molecule has 1 aromatic carbocycles. The first kappa shape index (κ1) is 16.2. The minimum atomic E-state index is -3.58. The molecule has 0 aliphatic heterocycles. The van der Waals surface area contributed by atoms with Crippen LogP contribution in [0.25, 0.3) is 0 Å². The van der Waals surface area contributed by atoms with Gasteiger partial charge in [-0.1, -0.05) is 18.2 Å². The average Bonchev–Trinajstić information content (AvgIpc) is 2.38. The predicted octanol–water partition coefficient (Wildman–Crippen LogP) is 0.652. The molecule has 1 unspecified atom stereocenters. The summed E-state index contributed by atoms with van der Waals surface area (Å²) in [6, 6.07) is 6.23. The number of amides is 1. The van der Waals surface area contributed by atoms with Gasteiger partial charge in [0.15, 0.2) is 9.84 Å². The second-order valence-corrected chi connectivity index (χ2v) is 6.84. The van der Waals surface area contributed by atoms with E-state index in [1.54, 1.807) is 12.1 Å². The number of esters is 1. The molecule has 0 aliphatic rings. The van der Waals surface area contributed by atoms with Gasteiger partial charge in [-0.3, -0.25) is 9.59 Å². The van der Waals surface area contributed by atoms with Gasteiger partial charge in [0.2, 0.25) is 5.91 Å². The summed E-state index contributed by atoms with van der Waals surface area (Å²) in [6.07, 6.45) is -0.225. The number of primary amides is 1. The first-order valence-electron chi connectivity index (χ1n) is 5.94. The fourth-order valence-electron chi connectivity index (χ4n) is 1.69. The van der Waals surface area contributed by atoms with Crippen LogP contribution in [0.5, 0.6) is 0 Å². The molecule has 0 aromatic heterocycles. The van der Waals surface area contributed by atoms with Crippen LogP contribution in [-0.2, 0) is 25.1 Å². The van der Waals surface area contributed by atoms with Gasteiger partial charge < -0.3 is 10.5 Å². The Labute approximate surface area is 117 Å². The molecule has 0 bridgehead atoms. The molecule has 0 aliphatic carbocycles. The summed E-state index contributed by atoms with van der Waals surface area (Å²) in [4.78, 5) is 22.4. The molecule has 0 heterocycles. The van der Waals surface area contributed by atoms with Gasteiger partial charge >= 0.3 is 5.97 Å². The molecule has 7 heteroatoms. The maximum absolute atomic E-state index is 12.2. The highest BCUT2D eigenvalue weighted by Gasteiger charge is 2.25. The number of methoxy groups -OCH3 is 1. The highest BCUT2D eigenvalue weighted by Crippen LogP contribution is 2.17. The molecule has 0 radical (unpaired) electrons. The van der Waals surface area contributed by atoms with Gasteiger partial charge in [0.1, 0.15) is 0 Å². The molecular formula is C13H17NO5S. The maximum atomic E-state index is 12.2. The summed E-state index contributed by atoms with van der Waals surface area (Å²) >= 11 is 0. The quantitative estimate of drug-likeness (QED) is 0.777. The third-order valence-electron chi connectivity index (χ3n) is 2.93. The van der Waals surface area contributed by atoms with Gasteiger partial charge in [0, 0.05) is 5.56 Å². The summed E-state index contributed by atoms with van der Waals surface area (Å²) in [5.41, 5.74) is 5.70. The summed E-state index contributed by atoms with van der Waals surface area (Å²) in [6.45, 7) is 1.43. The second-order valence-electron chi connectivity index (χ2n) is 4.42. The van der Waals surface area contributed by atoms with Gasteiger partial charge in [-0.05, 0) is 18.6 Å². The monoisotopic (exact) mass is 299 g/mol. The van der Waals surface area contributed by atoms with Crippen LogP contribution in [0.15, 0.2) is 24.3 Å². The molecule has 1 atom stereocenters. The van der Waals surface area contributed by atoms with Crippen LogP contribution in [0, 0.1) is 0 Å². The average molecular weight is 299 g/mol. The van der Waals surface area contributed by atoms with Gasteiger partial charge in [-0.15, -0.1) is 0 Å². The SMILES string of the molecule is COC(=O)CC(C)S(=O)(=O)Cc1ccccc1C(N)=O. The largest absolute Gasteiger partial charge is 0.469 e. The van der Waals surface area contributed by atoms with Crippen molar-refractivity contribution in [3.05, 3.63) is 35.4 Å². The van der Waals surface area contributed by atoms with Gasteiger partial charge in [0.25, 0.3) is 0 Å². The van der Waals surface area contributed by atoms with E-state index in [-0.39, 0.29) is 17.7 Å². The maximum Gasteiger partial charge on any atom is 0.306 e. The smallest absolute Gasteiger partial charge is 0.306 e. The molecule has 1 rings (SSSR count). The Bertz CT molecular complexity index is 609. The van der Waals surface area contributed by atoms with Gasteiger partial charge in [-0.2, -0.15) is 0 Å². The van der Waals surface area contributed by atoms with Crippen molar-refractivity contribution in [1.29, 1.82) is 0 Å². The van der Waals surface area contributed by atoms with Crippen molar-refractivity contribution in [2.45, 2.75) is 24.3 Å². The number of hydrogen-bond donors (Lipinski definition) is 1. The van der Waals surface area contributed by atoms with Crippen molar-refractivity contribution >= 4 is 21.7 Å². The van der Waals surface area contributed by atoms with Gasteiger partial charge in [-0.25, -0.2) is 8.42 Å². The Morgan fingerprint density at radius 3 is 2.45 bits per heavy atom. The van der Waals surface area contributed by atoms with Crippen molar-refractivity contribution in [2.24, 2.45) is 5.73 Å². The minimum absolute atomic E-state index is 0.168. The van der Waals surface area contributed by atoms with Crippen molar-refractivity contribution < 1.29 is 22.7 Å². The van der Waals surface area contributed by atoms with Crippen LogP contribution >= 0.6 is 0 Å². The topological polar surface area (TPSA) is 104 Å². The highest BCUT2D eigenvalue weighted by molar-refractivity contribution is 7.91. The van der Waals surface area contributed by atoms with Crippen molar-refractivity contribution in [3.63, 3.8) is 0 Å². The van der Waals surface area contributed by atoms with E-state index in [9.17, 15) is 18.0 Å². The van der Waals surface area contributed by atoms with Crippen LogP contribution in [-0.4, -0.2) is 32.7 Å².